The Kier molecular flexibility index (Phi) is 3.60. The van der Waals surface area contributed by atoms with Gasteiger partial charge in [0.05, 0.1) is 39.4 Å². The van der Waals surface area contributed by atoms with E-state index < -0.39 is 0 Å². The Morgan fingerprint density at radius 2 is 1.68 bits per heavy atom. The normalized spacial score (nSPS) is 11.4. The largest absolute Gasteiger partial charge is 0.471 e. The van der Waals surface area contributed by atoms with Gasteiger partial charge < -0.3 is 4.74 Å². The van der Waals surface area contributed by atoms with E-state index in [1.165, 1.54) is 0 Å². The van der Waals surface area contributed by atoms with Crippen molar-refractivity contribution < 1.29 is 4.74 Å². The molecule has 0 N–H and O–H groups in total. The lowest BCUT2D eigenvalue weighted by Gasteiger charge is -2.11. The lowest BCUT2D eigenvalue weighted by molar-refractivity contribution is 0.292. The number of aromatic nitrogens is 5. The Labute approximate surface area is 145 Å². The van der Waals surface area contributed by atoms with Crippen LogP contribution < -0.4 is 4.74 Å². The second-order valence-corrected chi connectivity index (χ2v) is 6.21. The standard InChI is InChI=1S/C19H19N5O/c1-11-9-18-22-19(15-7-5-6-8-17(15)24(18)23-11)25-10-16-14(4)20-12(2)13(3)21-16/h5-9H,10H2,1-4H3. The minimum Gasteiger partial charge on any atom is -0.471 e. The number of ether oxygens (including phenoxy) is 1. The van der Waals surface area contributed by atoms with Crippen LogP contribution in [0.1, 0.15) is 28.5 Å². The summed E-state index contributed by atoms with van der Waals surface area (Å²) in [6.07, 6.45) is 0. The predicted octanol–water partition coefficient (Wildman–Crippen LogP) is 3.49. The van der Waals surface area contributed by atoms with Crippen molar-refractivity contribution in [2.75, 3.05) is 0 Å². The summed E-state index contributed by atoms with van der Waals surface area (Å²) in [5, 5.41) is 5.44. The second kappa shape index (κ2) is 5.81. The lowest BCUT2D eigenvalue weighted by Crippen LogP contribution is -2.07. The molecule has 4 rings (SSSR count). The molecule has 0 aliphatic heterocycles. The maximum Gasteiger partial charge on any atom is 0.225 e. The zero-order chi connectivity index (χ0) is 17.6. The number of rotatable bonds is 3. The number of benzene rings is 1. The topological polar surface area (TPSA) is 65.2 Å². The first kappa shape index (κ1) is 15.5. The highest BCUT2D eigenvalue weighted by Crippen LogP contribution is 2.26. The van der Waals surface area contributed by atoms with Gasteiger partial charge in [-0.2, -0.15) is 10.1 Å². The van der Waals surface area contributed by atoms with Crippen molar-refractivity contribution in [3.8, 4) is 5.88 Å². The van der Waals surface area contributed by atoms with E-state index in [2.05, 4.69) is 20.1 Å². The molecule has 6 heteroatoms. The van der Waals surface area contributed by atoms with Crippen molar-refractivity contribution in [3.05, 3.63) is 58.8 Å². The lowest BCUT2D eigenvalue weighted by atomic mass is 10.2. The first-order valence-electron chi connectivity index (χ1n) is 8.21. The molecule has 126 valence electrons. The molecule has 0 unspecified atom stereocenters. The van der Waals surface area contributed by atoms with Gasteiger partial charge in [-0.3, -0.25) is 9.97 Å². The van der Waals surface area contributed by atoms with Gasteiger partial charge >= 0.3 is 0 Å². The minimum absolute atomic E-state index is 0.334. The Balaban J connectivity index is 1.77. The van der Waals surface area contributed by atoms with E-state index in [0.717, 1.165) is 45.0 Å². The number of hydrogen-bond donors (Lipinski definition) is 0. The summed E-state index contributed by atoms with van der Waals surface area (Å²) in [4.78, 5) is 13.8. The Morgan fingerprint density at radius 1 is 0.920 bits per heavy atom. The van der Waals surface area contributed by atoms with E-state index in [4.69, 9.17) is 4.74 Å². The van der Waals surface area contributed by atoms with Crippen LogP contribution in [-0.4, -0.2) is 24.6 Å². The SMILES string of the molecule is Cc1cc2nc(OCc3nc(C)c(C)nc3C)c3ccccc3n2n1. The van der Waals surface area contributed by atoms with Crippen molar-refractivity contribution in [3.63, 3.8) is 0 Å². The van der Waals surface area contributed by atoms with Gasteiger partial charge in [0, 0.05) is 6.07 Å². The van der Waals surface area contributed by atoms with Gasteiger partial charge in [-0.15, -0.1) is 0 Å². The summed E-state index contributed by atoms with van der Waals surface area (Å²) in [6.45, 7) is 8.16. The highest BCUT2D eigenvalue weighted by molar-refractivity contribution is 5.85. The molecule has 0 spiro atoms. The number of para-hydroxylation sites is 1. The summed E-state index contributed by atoms with van der Waals surface area (Å²) in [5.41, 5.74) is 6.25. The molecule has 3 aromatic heterocycles. The van der Waals surface area contributed by atoms with Crippen LogP contribution in [0.5, 0.6) is 5.88 Å². The molecule has 0 bridgehead atoms. The molecule has 25 heavy (non-hydrogen) atoms. The highest BCUT2D eigenvalue weighted by Gasteiger charge is 2.12. The zero-order valence-corrected chi connectivity index (χ0v) is 14.7. The molecule has 0 saturated carbocycles. The molecule has 0 amide bonds. The van der Waals surface area contributed by atoms with E-state index in [0.29, 0.717) is 12.5 Å². The Bertz CT molecular complexity index is 1100. The van der Waals surface area contributed by atoms with Crippen LogP contribution in [0.4, 0.5) is 0 Å². The van der Waals surface area contributed by atoms with Crippen molar-refractivity contribution in [1.82, 2.24) is 24.6 Å². The van der Waals surface area contributed by atoms with E-state index in [1.807, 2.05) is 62.5 Å². The third-order valence-corrected chi connectivity index (χ3v) is 4.32. The maximum atomic E-state index is 6.04. The maximum absolute atomic E-state index is 6.04. The van der Waals surface area contributed by atoms with Gasteiger partial charge in [0.25, 0.3) is 0 Å². The molecule has 0 aliphatic rings. The third kappa shape index (κ3) is 2.69. The van der Waals surface area contributed by atoms with Gasteiger partial charge in [-0.25, -0.2) is 4.52 Å². The van der Waals surface area contributed by atoms with Crippen LogP contribution in [-0.2, 0) is 6.61 Å². The fraction of sp³-hybridized carbons (Fsp3) is 0.263. The van der Waals surface area contributed by atoms with Gasteiger partial charge in [0.1, 0.15) is 6.61 Å². The molecule has 3 heterocycles. The highest BCUT2D eigenvalue weighted by atomic mass is 16.5. The fourth-order valence-electron chi connectivity index (χ4n) is 2.89. The number of fused-ring (bicyclic) bond motifs is 3. The van der Waals surface area contributed by atoms with Crippen molar-refractivity contribution in [2.24, 2.45) is 0 Å². The monoisotopic (exact) mass is 333 g/mol. The van der Waals surface area contributed by atoms with E-state index in [-0.39, 0.29) is 0 Å². The average Bonchev–Trinajstić information content (AvgIpc) is 2.97. The minimum atomic E-state index is 0.334. The molecule has 0 aliphatic carbocycles. The van der Waals surface area contributed by atoms with Crippen molar-refractivity contribution in [1.29, 1.82) is 0 Å². The first-order chi connectivity index (χ1) is 12.0. The molecule has 0 saturated heterocycles. The summed E-state index contributed by atoms with van der Waals surface area (Å²) in [6, 6.07) is 9.92. The predicted molar refractivity (Wildman–Crippen MR) is 95.8 cm³/mol. The van der Waals surface area contributed by atoms with Gasteiger partial charge in [0.2, 0.25) is 5.88 Å². The van der Waals surface area contributed by atoms with Crippen molar-refractivity contribution in [2.45, 2.75) is 34.3 Å². The summed E-state index contributed by atoms with van der Waals surface area (Å²) in [7, 11) is 0. The van der Waals surface area contributed by atoms with Crippen LogP contribution in [0, 0.1) is 27.7 Å². The van der Waals surface area contributed by atoms with Crippen LogP contribution in [0.25, 0.3) is 16.6 Å². The number of nitrogens with zero attached hydrogens (tertiary/aromatic N) is 5. The molecule has 0 atom stereocenters. The third-order valence-electron chi connectivity index (χ3n) is 4.32. The number of aryl methyl sites for hydroxylation is 4. The first-order valence-corrected chi connectivity index (χ1v) is 8.21. The molecular formula is C19H19N5O. The Hall–Kier alpha value is -3.02. The fourth-order valence-corrected chi connectivity index (χ4v) is 2.89. The summed E-state index contributed by atoms with van der Waals surface area (Å²) in [5.74, 6) is 0.586. The molecular weight excluding hydrogens is 314 g/mol. The van der Waals surface area contributed by atoms with Crippen molar-refractivity contribution >= 4 is 16.6 Å². The smallest absolute Gasteiger partial charge is 0.225 e. The number of hydrogen-bond acceptors (Lipinski definition) is 5. The van der Waals surface area contributed by atoms with E-state index in [9.17, 15) is 0 Å². The summed E-state index contributed by atoms with van der Waals surface area (Å²) >= 11 is 0. The quantitative estimate of drug-likeness (QED) is 0.574. The second-order valence-electron chi connectivity index (χ2n) is 6.21. The zero-order valence-electron chi connectivity index (χ0n) is 14.7. The van der Waals surface area contributed by atoms with Crippen LogP contribution >= 0.6 is 0 Å². The molecule has 1 aromatic carbocycles. The van der Waals surface area contributed by atoms with Gasteiger partial charge in [-0.1, -0.05) is 12.1 Å². The molecule has 0 radical (unpaired) electrons. The van der Waals surface area contributed by atoms with E-state index in [1.54, 1.807) is 0 Å². The van der Waals surface area contributed by atoms with Gasteiger partial charge in [-0.05, 0) is 39.8 Å². The van der Waals surface area contributed by atoms with Gasteiger partial charge in [0.15, 0.2) is 5.65 Å². The molecule has 6 nitrogen and oxygen atoms in total. The van der Waals surface area contributed by atoms with E-state index >= 15 is 0 Å². The summed E-state index contributed by atoms with van der Waals surface area (Å²) < 4.78 is 7.89. The van der Waals surface area contributed by atoms with Crippen LogP contribution in [0.2, 0.25) is 0 Å². The Morgan fingerprint density at radius 3 is 2.52 bits per heavy atom. The molecule has 0 fully saturated rings. The van der Waals surface area contributed by atoms with Crippen LogP contribution in [0.15, 0.2) is 30.3 Å². The average molecular weight is 333 g/mol. The molecule has 4 aromatic rings. The van der Waals surface area contributed by atoms with Crippen LogP contribution in [0.3, 0.4) is 0 Å².